The fourth-order valence-corrected chi connectivity index (χ4v) is 1.88. The number of nitrogens with one attached hydrogen (secondary N) is 1. The van der Waals surface area contributed by atoms with Crippen molar-refractivity contribution >= 4 is 17.7 Å². The van der Waals surface area contributed by atoms with Gasteiger partial charge in [0, 0.05) is 13.1 Å². The first kappa shape index (κ1) is 13.1. The van der Waals surface area contributed by atoms with E-state index in [1.807, 2.05) is 6.92 Å². The molecule has 0 aliphatic carbocycles. The fourth-order valence-electron chi connectivity index (χ4n) is 1.88. The molecule has 1 aliphatic rings. The van der Waals surface area contributed by atoms with E-state index in [4.69, 9.17) is 5.11 Å². The number of rotatable bonds is 2. The SMILES string of the molecule is CC1=CCCN(C(=O)Nc2ccc(C(=O)O)nc2)C1. The zero-order chi connectivity index (χ0) is 13.8. The summed E-state index contributed by atoms with van der Waals surface area (Å²) in [6.45, 7) is 3.29. The number of carbonyl (C=O) groups excluding carboxylic acids is 1. The van der Waals surface area contributed by atoms with E-state index in [1.165, 1.54) is 23.9 Å². The highest BCUT2D eigenvalue weighted by Crippen LogP contribution is 2.12. The Kier molecular flexibility index (Phi) is 3.79. The van der Waals surface area contributed by atoms with Gasteiger partial charge in [0.1, 0.15) is 5.69 Å². The molecule has 1 aliphatic heterocycles. The maximum Gasteiger partial charge on any atom is 0.354 e. The van der Waals surface area contributed by atoms with Gasteiger partial charge in [-0.25, -0.2) is 14.6 Å². The van der Waals surface area contributed by atoms with E-state index in [9.17, 15) is 9.59 Å². The van der Waals surface area contributed by atoms with Gasteiger partial charge in [0.2, 0.25) is 0 Å². The van der Waals surface area contributed by atoms with Crippen molar-refractivity contribution in [1.29, 1.82) is 0 Å². The number of carboxylic acid groups (broad SMARTS) is 1. The summed E-state index contributed by atoms with van der Waals surface area (Å²) in [6.07, 6.45) is 4.32. The molecule has 2 heterocycles. The molecule has 2 amide bonds. The van der Waals surface area contributed by atoms with Crippen molar-refractivity contribution in [3.63, 3.8) is 0 Å². The van der Waals surface area contributed by atoms with Crippen molar-refractivity contribution in [3.8, 4) is 0 Å². The second-order valence-corrected chi connectivity index (χ2v) is 4.43. The van der Waals surface area contributed by atoms with E-state index >= 15 is 0 Å². The largest absolute Gasteiger partial charge is 0.477 e. The van der Waals surface area contributed by atoms with Gasteiger partial charge in [-0.1, -0.05) is 11.6 Å². The summed E-state index contributed by atoms with van der Waals surface area (Å²) in [4.78, 5) is 28.1. The molecular formula is C13H15N3O3. The van der Waals surface area contributed by atoms with Gasteiger partial charge in [0.15, 0.2) is 0 Å². The Balaban J connectivity index is 1.99. The Bertz CT molecular complexity index is 522. The molecule has 100 valence electrons. The first-order valence-electron chi connectivity index (χ1n) is 5.97. The van der Waals surface area contributed by atoms with Crippen LogP contribution in [-0.4, -0.2) is 40.1 Å². The smallest absolute Gasteiger partial charge is 0.354 e. The predicted octanol–water partition coefficient (Wildman–Crippen LogP) is 1.96. The lowest BCUT2D eigenvalue weighted by atomic mass is 10.1. The van der Waals surface area contributed by atoms with Gasteiger partial charge in [-0.15, -0.1) is 0 Å². The minimum Gasteiger partial charge on any atom is -0.477 e. The molecule has 0 saturated carbocycles. The van der Waals surface area contributed by atoms with E-state index in [1.54, 1.807) is 4.90 Å². The zero-order valence-corrected chi connectivity index (χ0v) is 10.6. The molecule has 0 unspecified atom stereocenters. The normalized spacial score (nSPS) is 14.8. The molecule has 1 aromatic heterocycles. The standard InChI is InChI=1S/C13H15N3O3/c1-9-3-2-6-16(8-9)13(19)15-10-4-5-11(12(17)18)14-7-10/h3-5,7H,2,6,8H2,1H3,(H,15,19)(H,17,18). The molecule has 1 aromatic rings. The number of urea groups is 1. The van der Waals surface area contributed by atoms with E-state index in [-0.39, 0.29) is 11.7 Å². The van der Waals surface area contributed by atoms with Gasteiger partial charge >= 0.3 is 12.0 Å². The molecule has 2 rings (SSSR count). The summed E-state index contributed by atoms with van der Waals surface area (Å²) in [5.74, 6) is -1.09. The molecule has 6 heteroatoms. The van der Waals surface area contributed by atoms with Crippen LogP contribution in [0.15, 0.2) is 30.0 Å². The molecule has 0 atom stereocenters. The number of anilines is 1. The minimum absolute atomic E-state index is 0.0465. The number of aromatic carboxylic acids is 1. The van der Waals surface area contributed by atoms with E-state index in [0.29, 0.717) is 18.8 Å². The minimum atomic E-state index is -1.09. The third kappa shape index (κ3) is 3.31. The number of hydrogen-bond donors (Lipinski definition) is 2. The van der Waals surface area contributed by atoms with Gasteiger partial charge in [-0.3, -0.25) is 0 Å². The summed E-state index contributed by atoms with van der Waals surface area (Å²) in [5, 5.41) is 11.4. The number of hydrogen-bond acceptors (Lipinski definition) is 3. The molecule has 19 heavy (non-hydrogen) atoms. The predicted molar refractivity (Wildman–Crippen MR) is 70.2 cm³/mol. The van der Waals surface area contributed by atoms with E-state index < -0.39 is 5.97 Å². The second-order valence-electron chi connectivity index (χ2n) is 4.43. The van der Waals surface area contributed by atoms with Crippen molar-refractivity contribution in [1.82, 2.24) is 9.88 Å². The Morgan fingerprint density at radius 1 is 1.42 bits per heavy atom. The average molecular weight is 261 g/mol. The Morgan fingerprint density at radius 2 is 2.21 bits per heavy atom. The summed E-state index contributed by atoms with van der Waals surface area (Å²) in [7, 11) is 0. The summed E-state index contributed by atoms with van der Waals surface area (Å²) >= 11 is 0. The van der Waals surface area contributed by atoms with Crippen LogP contribution in [0.2, 0.25) is 0 Å². The van der Waals surface area contributed by atoms with E-state index in [2.05, 4.69) is 16.4 Å². The van der Waals surface area contributed by atoms with Crippen molar-refractivity contribution in [2.24, 2.45) is 0 Å². The first-order valence-corrected chi connectivity index (χ1v) is 5.97. The topological polar surface area (TPSA) is 82.5 Å². The van der Waals surface area contributed by atoms with Crippen LogP contribution in [0, 0.1) is 0 Å². The van der Waals surface area contributed by atoms with Crippen molar-refractivity contribution in [3.05, 3.63) is 35.7 Å². The molecule has 0 aromatic carbocycles. The van der Waals surface area contributed by atoms with Crippen LogP contribution in [0.25, 0.3) is 0 Å². The van der Waals surface area contributed by atoms with Crippen molar-refractivity contribution in [2.75, 3.05) is 18.4 Å². The highest BCUT2D eigenvalue weighted by atomic mass is 16.4. The maximum atomic E-state index is 12.0. The maximum absolute atomic E-state index is 12.0. The molecule has 2 N–H and O–H groups in total. The van der Waals surface area contributed by atoms with Gasteiger partial charge in [-0.05, 0) is 25.5 Å². The quantitative estimate of drug-likeness (QED) is 0.797. The van der Waals surface area contributed by atoms with Crippen LogP contribution in [-0.2, 0) is 0 Å². The van der Waals surface area contributed by atoms with Crippen LogP contribution in [0.1, 0.15) is 23.8 Å². The molecule has 0 bridgehead atoms. The monoisotopic (exact) mass is 261 g/mol. The lowest BCUT2D eigenvalue weighted by Gasteiger charge is -2.26. The van der Waals surface area contributed by atoms with Gasteiger partial charge in [-0.2, -0.15) is 0 Å². The number of carbonyl (C=O) groups is 2. The van der Waals surface area contributed by atoms with Crippen LogP contribution in [0.5, 0.6) is 0 Å². The Morgan fingerprint density at radius 3 is 2.79 bits per heavy atom. The molecule has 0 fully saturated rings. The molecule has 6 nitrogen and oxygen atoms in total. The van der Waals surface area contributed by atoms with Gasteiger partial charge in [0.05, 0.1) is 11.9 Å². The highest BCUT2D eigenvalue weighted by Gasteiger charge is 2.16. The first-order chi connectivity index (χ1) is 9.06. The van der Waals surface area contributed by atoms with Crippen LogP contribution in [0.4, 0.5) is 10.5 Å². The third-order valence-corrected chi connectivity index (χ3v) is 2.85. The Hall–Kier alpha value is -2.37. The second kappa shape index (κ2) is 5.51. The zero-order valence-electron chi connectivity index (χ0n) is 10.6. The number of pyridine rings is 1. The number of nitrogens with zero attached hydrogens (tertiary/aromatic N) is 2. The van der Waals surface area contributed by atoms with Crippen LogP contribution < -0.4 is 5.32 Å². The third-order valence-electron chi connectivity index (χ3n) is 2.85. The van der Waals surface area contributed by atoms with Crippen LogP contribution >= 0.6 is 0 Å². The molecule has 0 saturated heterocycles. The van der Waals surface area contributed by atoms with Crippen molar-refractivity contribution < 1.29 is 14.7 Å². The lowest BCUT2D eigenvalue weighted by molar-refractivity contribution is 0.0690. The molecule has 0 spiro atoms. The van der Waals surface area contributed by atoms with E-state index in [0.717, 1.165) is 6.42 Å². The molecule has 0 radical (unpaired) electrons. The summed E-state index contributed by atoms with van der Waals surface area (Å²) < 4.78 is 0. The van der Waals surface area contributed by atoms with Gasteiger partial charge in [0.25, 0.3) is 0 Å². The van der Waals surface area contributed by atoms with Crippen molar-refractivity contribution in [2.45, 2.75) is 13.3 Å². The fraction of sp³-hybridized carbons (Fsp3) is 0.308. The summed E-state index contributed by atoms with van der Waals surface area (Å²) in [6, 6.07) is 2.69. The number of amides is 2. The lowest BCUT2D eigenvalue weighted by Crippen LogP contribution is -2.38. The average Bonchev–Trinajstić information content (AvgIpc) is 2.39. The highest BCUT2D eigenvalue weighted by molar-refractivity contribution is 5.90. The molecular weight excluding hydrogens is 246 g/mol. The number of aromatic nitrogens is 1. The number of carboxylic acids is 1. The Labute approximate surface area is 110 Å². The van der Waals surface area contributed by atoms with Crippen LogP contribution in [0.3, 0.4) is 0 Å². The summed E-state index contributed by atoms with van der Waals surface area (Å²) in [5.41, 5.74) is 1.61. The van der Waals surface area contributed by atoms with Gasteiger partial charge < -0.3 is 15.3 Å².